The summed E-state index contributed by atoms with van der Waals surface area (Å²) in [5.41, 5.74) is 20.4. The normalized spacial score (nSPS) is 11.4. The van der Waals surface area contributed by atoms with Gasteiger partial charge >= 0.3 is 20.1 Å². The molecule has 0 atom stereocenters. The first-order valence-corrected chi connectivity index (χ1v) is 23.4. The number of hydrogen-bond acceptors (Lipinski definition) is 3. The van der Waals surface area contributed by atoms with Crippen molar-refractivity contribution in [2.75, 3.05) is 0 Å². The molecular formula is C63H46IrN5. The van der Waals surface area contributed by atoms with Crippen LogP contribution in [0, 0.1) is 32.0 Å². The third-order valence-electron chi connectivity index (χ3n) is 13.2. The number of imidazole rings is 2. The van der Waals surface area contributed by atoms with Crippen molar-refractivity contribution >= 4 is 32.8 Å². The Balaban J connectivity index is 0.00000520. The summed E-state index contributed by atoms with van der Waals surface area (Å²) >= 11 is 0. The minimum atomic E-state index is 0. The van der Waals surface area contributed by atoms with Gasteiger partial charge in [-0.3, -0.25) is 9.97 Å². The van der Waals surface area contributed by atoms with E-state index in [0.29, 0.717) is 0 Å². The van der Waals surface area contributed by atoms with Crippen LogP contribution in [0.5, 0.6) is 0 Å². The molecule has 5 nitrogen and oxygen atoms in total. The molecule has 5 aromatic heterocycles. The summed E-state index contributed by atoms with van der Waals surface area (Å²) in [6, 6.07) is 70.0. The molecule has 0 aliphatic rings. The van der Waals surface area contributed by atoms with Gasteiger partial charge in [0.05, 0.1) is 11.3 Å². The number of nitrogens with zero attached hydrogens (tertiary/aromatic N) is 5. The zero-order chi connectivity index (χ0) is 45.6. The zero-order valence-electron chi connectivity index (χ0n) is 38.4. The van der Waals surface area contributed by atoms with Gasteiger partial charge in [0.25, 0.3) is 0 Å². The first kappa shape index (κ1) is 43.8. The number of aromatic nitrogens is 5. The van der Waals surface area contributed by atoms with E-state index in [0.717, 1.165) is 87.1 Å². The number of benzene rings is 7. The van der Waals surface area contributed by atoms with Crippen molar-refractivity contribution in [1.82, 2.24) is 23.8 Å². The van der Waals surface area contributed by atoms with Gasteiger partial charge in [-0.25, -0.2) is 0 Å². The van der Waals surface area contributed by atoms with Crippen LogP contribution in [0.2, 0.25) is 0 Å². The van der Waals surface area contributed by atoms with Gasteiger partial charge in [0.2, 0.25) is 0 Å². The maximum absolute atomic E-state index is 4.78. The molecule has 69 heavy (non-hydrogen) atoms. The predicted molar refractivity (Wildman–Crippen MR) is 278 cm³/mol. The largest absolute Gasteiger partial charge is 3.00 e. The molecule has 5 heterocycles. The van der Waals surface area contributed by atoms with Crippen LogP contribution in [0.1, 0.15) is 33.6 Å². The molecule has 6 heteroatoms. The third kappa shape index (κ3) is 8.93. The Hall–Kier alpha value is -7.76. The maximum atomic E-state index is 4.78. The second kappa shape index (κ2) is 18.7. The van der Waals surface area contributed by atoms with E-state index in [1.54, 1.807) is 0 Å². The topological polar surface area (TPSA) is 47.5 Å². The molecule has 0 radical (unpaired) electrons. The van der Waals surface area contributed by atoms with E-state index >= 15 is 0 Å². The summed E-state index contributed by atoms with van der Waals surface area (Å²) in [6.45, 7) is 4.07. The minimum Gasteiger partial charge on any atom is -0.347 e. The molecule has 12 rings (SSSR count). The van der Waals surface area contributed by atoms with E-state index in [2.05, 4.69) is 216 Å². The van der Waals surface area contributed by atoms with Gasteiger partial charge < -0.3 is 13.8 Å². The van der Waals surface area contributed by atoms with Crippen molar-refractivity contribution in [3.63, 3.8) is 0 Å². The molecule has 0 saturated carbocycles. The number of hydrogen-bond donors (Lipinski definition) is 0. The molecule has 0 fully saturated rings. The van der Waals surface area contributed by atoms with E-state index < -0.39 is 0 Å². The van der Waals surface area contributed by atoms with Crippen LogP contribution < -0.4 is 0 Å². The summed E-state index contributed by atoms with van der Waals surface area (Å²) in [5, 5.41) is 4.45. The van der Waals surface area contributed by atoms with Gasteiger partial charge in [0, 0.05) is 30.0 Å². The molecule has 0 unspecified atom stereocenters. The second-order valence-corrected chi connectivity index (χ2v) is 18.0. The molecule has 7 aromatic carbocycles. The van der Waals surface area contributed by atoms with Crippen LogP contribution in [0.3, 0.4) is 0 Å². The summed E-state index contributed by atoms with van der Waals surface area (Å²) in [7, 11) is 0. The average molecular weight is 1070 g/mol. The van der Waals surface area contributed by atoms with Crippen LogP contribution >= 0.6 is 0 Å². The molecule has 0 saturated heterocycles. The quantitative estimate of drug-likeness (QED) is 0.121. The van der Waals surface area contributed by atoms with Crippen molar-refractivity contribution < 1.29 is 20.1 Å². The molecule has 332 valence electrons. The monoisotopic (exact) mass is 1070 g/mol. The summed E-state index contributed by atoms with van der Waals surface area (Å²) in [5.74, 6) is 0. The molecule has 0 aliphatic heterocycles. The average Bonchev–Trinajstić information content (AvgIpc) is 3.99. The van der Waals surface area contributed by atoms with Crippen LogP contribution in [0.25, 0.3) is 88.6 Å². The van der Waals surface area contributed by atoms with Gasteiger partial charge in [-0.15, -0.1) is 98.9 Å². The fourth-order valence-corrected chi connectivity index (χ4v) is 9.78. The Labute approximate surface area is 416 Å². The number of fused-ring (bicyclic) bond motifs is 6. The summed E-state index contributed by atoms with van der Waals surface area (Å²) in [4.78, 5) is 14.3. The molecular weight excluding hydrogens is 1020 g/mol. The number of rotatable bonds is 11. The van der Waals surface area contributed by atoms with Crippen molar-refractivity contribution in [1.29, 1.82) is 0 Å². The fourth-order valence-electron chi connectivity index (χ4n) is 9.78. The van der Waals surface area contributed by atoms with Gasteiger partial charge in [-0.05, 0) is 95.4 Å². The van der Waals surface area contributed by atoms with Crippen LogP contribution in [0.15, 0.2) is 195 Å². The molecule has 0 bridgehead atoms. The SMILES string of the molecule is Cc1cn2ccc3cc(CCc4cc(CCc5c[c-]c6c(ccn7cc(C)nc67)c5)cc(-c5ccccc5-c5c[c-]c(-c6cc(-c7ccc(-c8ccccc8)cc7)ccn6)cc5)c4)c[c-]c3c2n1.[Ir+3]. The van der Waals surface area contributed by atoms with E-state index in [-0.39, 0.29) is 20.1 Å². The van der Waals surface area contributed by atoms with Gasteiger partial charge in [-0.1, -0.05) is 139 Å². The van der Waals surface area contributed by atoms with Crippen LogP contribution in [0.4, 0.5) is 0 Å². The first-order valence-electron chi connectivity index (χ1n) is 23.4. The van der Waals surface area contributed by atoms with Crippen molar-refractivity contribution in [3.05, 3.63) is 247 Å². The first-order chi connectivity index (χ1) is 33.4. The summed E-state index contributed by atoms with van der Waals surface area (Å²) < 4.78 is 4.17. The van der Waals surface area contributed by atoms with Crippen molar-refractivity contribution in [2.24, 2.45) is 0 Å². The Morgan fingerprint density at radius 1 is 0.435 bits per heavy atom. The molecule has 0 aliphatic carbocycles. The van der Waals surface area contributed by atoms with Gasteiger partial charge in [0.1, 0.15) is 0 Å². The zero-order valence-corrected chi connectivity index (χ0v) is 40.8. The van der Waals surface area contributed by atoms with Crippen LogP contribution in [-0.2, 0) is 45.8 Å². The van der Waals surface area contributed by atoms with E-state index in [1.807, 2.05) is 20.0 Å². The molecule has 0 N–H and O–H groups in total. The van der Waals surface area contributed by atoms with E-state index in [1.165, 1.54) is 60.8 Å². The smallest absolute Gasteiger partial charge is 0.347 e. The summed E-state index contributed by atoms with van der Waals surface area (Å²) in [6.07, 6.45) is 13.8. The second-order valence-electron chi connectivity index (χ2n) is 18.0. The molecule has 0 amide bonds. The predicted octanol–water partition coefficient (Wildman–Crippen LogP) is 14.6. The van der Waals surface area contributed by atoms with Crippen LogP contribution in [-0.4, -0.2) is 23.8 Å². The molecule has 0 spiro atoms. The van der Waals surface area contributed by atoms with Gasteiger partial charge in [0.15, 0.2) is 0 Å². The van der Waals surface area contributed by atoms with Crippen molar-refractivity contribution in [3.8, 4) is 55.8 Å². The Morgan fingerprint density at radius 2 is 0.957 bits per heavy atom. The maximum Gasteiger partial charge on any atom is 3.00 e. The van der Waals surface area contributed by atoms with Crippen molar-refractivity contribution in [2.45, 2.75) is 39.5 Å². The minimum absolute atomic E-state index is 0. The Kier molecular flexibility index (Phi) is 11.9. The van der Waals surface area contributed by atoms with Gasteiger partial charge in [-0.2, -0.15) is 0 Å². The van der Waals surface area contributed by atoms with E-state index in [9.17, 15) is 0 Å². The Bertz CT molecular complexity index is 3670. The Morgan fingerprint density at radius 3 is 1.54 bits per heavy atom. The standard InChI is InChI=1S/C63H46N5.Ir/c1-42-40-67-32-29-54-35-44(16-26-59(54)62(67)65-42)12-14-46-34-47(15-13-45-17-27-60-55(36-45)30-33-68-41-43(2)66-63(60)68)38-56(37-46)58-11-7-6-10-57(58)51-22-24-52(25-23-51)61-39-53(28-31-64-61)50-20-18-49(19-21-50)48-8-4-3-5-9-48;/h3-11,16-24,28-41H,12-15H2,1-2H3;/q-3;+3. The number of aryl methyl sites for hydroxylation is 6. The molecule has 12 aromatic rings. The van der Waals surface area contributed by atoms with E-state index in [4.69, 9.17) is 15.0 Å². The number of pyridine rings is 3. The third-order valence-corrected chi connectivity index (χ3v) is 13.2. The fraction of sp³-hybridized carbons (Fsp3) is 0.0952.